The molecule has 34 heavy (non-hydrogen) atoms. The van der Waals surface area contributed by atoms with E-state index in [4.69, 9.17) is 30.8 Å². The van der Waals surface area contributed by atoms with E-state index in [2.05, 4.69) is 22.3 Å². The molecule has 1 saturated carbocycles. The summed E-state index contributed by atoms with van der Waals surface area (Å²) in [5.74, 6) is 4.32. The third-order valence-corrected chi connectivity index (χ3v) is 7.06. The smallest absolute Gasteiger partial charge is 0.163 e. The summed E-state index contributed by atoms with van der Waals surface area (Å²) in [6, 6.07) is 5.40. The van der Waals surface area contributed by atoms with Crippen molar-refractivity contribution in [1.29, 1.82) is 0 Å². The molecule has 3 heterocycles. The number of anilines is 1. The summed E-state index contributed by atoms with van der Waals surface area (Å²) >= 11 is 6.63. The summed E-state index contributed by atoms with van der Waals surface area (Å²) in [6.07, 6.45) is 0.702. The van der Waals surface area contributed by atoms with Gasteiger partial charge in [-0.15, -0.1) is 0 Å². The van der Waals surface area contributed by atoms with Crippen LogP contribution < -0.4 is 15.0 Å². The Kier molecular flexibility index (Phi) is 6.22. The summed E-state index contributed by atoms with van der Waals surface area (Å²) in [5.41, 5.74) is 4.19. The van der Waals surface area contributed by atoms with E-state index in [0.717, 1.165) is 59.0 Å². The maximum Gasteiger partial charge on any atom is 0.163 e. The number of hydrogen-bond donors (Lipinski definition) is 2. The largest absolute Gasteiger partial charge is 0.491 e. The number of nitrogens with zero attached hydrogens (tertiary/aromatic N) is 4. The van der Waals surface area contributed by atoms with E-state index in [-0.39, 0.29) is 6.61 Å². The summed E-state index contributed by atoms with van der Waals surface area (Å²) < 4.78 is 11.3. The monoisotopic (exact) mass is 483 g/mol. The van der Waals surface area contributed by atoms with Crippen molar-refractivity contribution in [1.82, 2.24) is 20.4 Å². The number of aromatic nitrogens is 3. The van der Waals surface area contributed by atoms with Gasteiger partial charge in [0.1, 0.15) is 30.0 Å². The number of halogens is 1. The van der Waals surface area contributed by atoms with Crippen LogP contribution in [0.3, 0.4) is 0 Å². The number of rotatable bonds is 8. The SMILES string of the molecule is CNC[C@@H](O)COc1ccc(Cl)c(-c2nc(-c3c(C)noc3C)c(C)c(N3CC4CC4C3)n2)c1. The quantitative estimate of drug-likeness (QED) is 0.499. The summed E-state index contributed by atoms with van der Waals surface area (Å²) in [4.78, 5) is 12.3. The molecule has 0 radical (unpaired) electrons. The molecule has 3 atom stereocenters. The Hall–Kier alpha value is -2.68. The molecule has 2 aromatic heterocycles. The van der Waals surface area contributed by atoms with Gasteiger partial charge in [0.05, 0.1) is 22.0 Å². The zero-order chi connectivity index (χ0) is 24.0. The van der Waals surface area contributed by atoms with E-state index in [9.17, 15) is 5.11 Å². The minimum atomic E-state index is -0.612. The maximum absolute atomic E-state index is 10.00. The predicted octanol–water partition coefficient (Wildman–Crippen LogP) is 3.79. The zero-order valence-electron chi connectivity index (χ0n) is 19.9. The summed E-state index contributed by atoms with van der Waals surface area (Å²) in [7, 11) is 1.79. The van der Waals surface area contributed by atoms with Gasteiger partial charge in [-0.1, -0.05) is 16.8 Å². The van der Waals surface area contributed by atoms with Gasteiger partial charge in [0, 0.05) is 30.8 Å². The van der Waals surface area contributed by atoms with Crippen LogP contribution in [0.5, 0.6) is 5.75 Å². The molecular weight excluding hydrogens is 454 g/mol. The van der Waals surface area contributed by atoms with E-state index in [1.54, 1.807) is 19.2 Å². The molecule has 5 rings (SSSR count). The average molecular weight is 484 g/mol. The van der Waals surface area contributed by atoms with E-state index in [1.165, 1.54) is 6.42 Å². The number of nitrogens with one attached hydrogen (secondary N) is 1. The lowest BCUT2D eigenvalue weighted by molar-refractivity contribution is 0.108. The van der Waals surface area contributed by atoms with Crippen molar-refractivity contribution in [3.8, 4) is 28.4 Å². The molecule has 9 heteroatoms. The lowest BCUT2D eigenvalue weighted by Gasteiger charge is -2.23. The molecule has 0 spiro atoms. The first kappa shape index (κ1) is 23.1. The Labute approximate surface area is 204 Å². The molecule has 3 aromatic rings. The maximum atomic E-state index is 10.00. The fraction of sp³-hybridized carbons (Fsp3) is 0.480. The zero-order valence-corrected chi connectivity index (χ0v) is 20.7. The highest BCUT2D eigenvalue weighted by Crippen LogP contribution is 2.47. The molecule has 2 fully saturated rings. The fourth-order valence-electron chi connectivity index (χ4n) is 4.82. The molecule has 2 unspecified atom stereocenters. The average Bonchev–Trinajstić information content (AvgIpc) is 3.28. The number of likely N-dealkylation sites (N-methyl/N-ethyl adjacent to an activating group) is 1. The van der Waals surface area contributed by atoms with Crippen molar-refractivity contribution in [3.63, 3.8) is 0 Å². The second-order valence-corrected chi connectivity index (χ2v) is 9.78. The number of aryl methyl sites for hydroxylation is 2. The summed E-state index contributed by atoms with van der Waals surface area (Å²) in [5, 5.41) is 17.6. The third-order valence-electron chi connectivity index (χ3n) is 6.73. The highest BCUT2D eigenvalue weighted by atomic mass is 35.5. The molecule has 1 aliphatic heterocycles. The van der Waals surface area contributed by atoms with Gasteiger partial charge in [0.25, 0.3) is 0 Å². The van der Waals surface area contributed by atoms with Gasteiger partial charge in [-0.2, -0.15) is 0 Å². The molecule has 1 aliphatic carbocycles. The van der Waals surface area contributed by atoms with Crippen LogP contribution in [-0.2, 0) is 0 Å². The Balaban J connectivity index is 1.57. The van der Waals surface area contributed by atoms with E-state index in [1.807, 2.05) is 19.9 Å². The molecule has 8 nitrogen and oxygen atoms in total. The fourth-order valence-corrected chi connectivity index (χ4v) is 5.02. The first-order valence-electron chi connectivity index (χ1n) is 11.7. The second kappa shape index (κ2) is 9.17. The van der Waals surface area contributed by atoms with Crippen molar-refractivity contribution in [3.05, 3.63) is 40.2 Å². The molecule has 2 aliphatic rings. The molecule has 0 amide bonds. The number of ether oxygens (including phenoxy) is 1. The Morgan fingerprint density at radius 3 is 2.68 bits per heavy atom. The van der Waals surface area contributed by atoms with Gasteiger partial charge < -0.3 is 24.6 Å². The van der Waals surface area contributed by atoms with Gasteiger partial charge in [0.2, 0.25) is 0 Å². The van der Waals surface area contributed by atoms with Crippen LogP contribution in [0, 0.1) is 32.6 Å². The van der Waals surface area contributed by atoms with Crippen LogP contribution in [0.1, 0.15) is 23.4 Å². The van der Waals surface area contributed by atoms with Crippen LogP contribution in [0.2, 0.25) is 5.02 Å². The van der Waals surface area contributed by atoms with Crippen LogP contribution in [0.4, 0.5) is 5.82 Å². The lowest BCUT2D eigenvalue weighted by atomic mass is 10.0. The standard InChI is InChI=1S/C25H30ClN5O3/c1-13-23(22-14(2)30-34-15(22)3)28-24(29-25(13)31-10-16-7-17(16)11-31)20-8-19(5-6-21(20)26)33-12-18(32)9-27-4/h5-6,8,16-18,27,32H,7,9-12H2,1-4H3/t16?,17?,18-/m1/s1. The molecule has 1 aromatic carbocycles. The number of piperidine rings is 1. The van der Waals surface area contributed by atoms with Gasteiger partial charge in [0.15, 0.2) is 5.82 Å². The third kappa shape index (κ3) is 4.37. The van der Waals surface area contributed by atoms with Crippen molar-refractivity contribution < 1.29 is 14.4 Å². The van der Waals surface area contributed by atoms with Crippen LogP contribution in [0.15, 0.2) is 22.7 Å². The number of hydrogen-bond acceptors (Lipinski definition) is 8. The minimum Gasteiger partial charge on any atom is -0.491 e. The van der Waals surface area contributed by atoms with Gasteiger partial charge >= 0.3 is 0 Å². The van der Waals surface area contributed by atoms with Gasteiger partial charge in [-0.25, -0.2) is 9.97 Å². The second-order valence-electron chi connectivity index (χ2n) is 9.37. The van der Waals surface area contributed by atoms with Crippen LogP contribution in [-0.4, -0.2) is 59.6 Å². The molecular formula is C25H30ClN5O3. The Bertz CT molecular complexity index is 1180. The minimum absolute atomic E-state index is 0.169. The van der Waals surface area contributed by atoms with Crippen molar-refractivity contribution in [2.75, 3.05) is 38.2 Å². The van der Waals surface area contributed by atoms with Gasteiger partial charge in [-0.05, 0) is 64.3 Å². The predicted molar refractivity (Wildman–Crippen MR) is 131 cm³/mol. The number of aliphatic hydroxyl groups excluding tert-OH is 1. The molecule has 180 valence electrons. The van der Waals surface area contributed by atoms with Crippen LogP contribution in [0.25, 0.3) is 22.6 Å². The van der Waals surface area contributed by atoms with Gasteiger partial charge in [-0.3, -0.25) is 0 Å². The molecule has 2 N–H and O–H groups in total. The molecule has 0 bridgehead atoms. The first-order valence-corrected chi connectivity index (χ1v) is 12.1. The van der Waals surface area contributed by atoms with Crippen molar-refractivity contribution in [2.45, 2.75) is 33.3 Å². The van der Waals surface area contributed by atoms with E-state index in [0.29, 0.717) is 28.7 Å². The normalized spacial score (nSPS) is 19.9. The molecule has 1 saturated heterocycles. The first-order chi connectivity index (χ1) is 16.4. The Morgan fingerprint density at radius 2 is 2.00 bits per heavy atom. The number of benzene rings is 1. The number of aliphatic hydroxyl groups is 1. The highest BCUT2D eigenvalue weighted by molar-refractivity contribution is 6.33. The van der Waals surface area contributed by atoms with E-state index >= 15 is 0 Å². The Morgan fingerprint density at radius 1 is 1.24 bits per heavy atom. The van der Waals surface area contributed by atoms with Crippen LogP contribution >= 0.6 is 11.6 Å². The van der Waals surface area contributed by atoms with E-state index < -0.39 is 6.10 Å². The van der Waals surface area contributed by atoms with Crippen molar-refractivity contribution >= 4 is 17.4 Å². The highest BCUT2D eigenvalue weighted by Gasteiger charge is 2.46. The summed E-state index contributed by atoms with van der Waals surface area (Å²) in [6.45, 7) is 8.54. The van der Waals surface area contributed by atoms with Crippen molar-refractivity contribution in [2.24, 2.45) is 11.8 Å². The number of fused-ring (bicyclic) bond motifs is 1. The lowest BCUT2D eigenvalue weighted by Crippen LogP contribution is -2.29. The topological polar surface area (TPSA) is 96.5 Å².